The topological polar surface area (TPSA) is 88.3 Å². The predicted octanol–water partition coefficient (Wildman–Crippen LogP) is 3.80. The lowest BCUT2D eigenvalue weighted by molar-refractivity contribution is -0.123. The standard InChI is InChI=1S/C25H28N4O2/c1-16-9-10-18-13-21(17(2)27-23(18)12-16)25(31)28-22-8-4-3-6-19(22)14-29-11-5-7-20(15-29)24(26)30/h3-4,6,8-10,12-13,20H,5,7,11,14-15H2,1-2H3,(H2,26,30)(H,28,31)/t20-/m0/s1. The molecule has 0 unspecified atom stereocenters. The van der Waals surface area contributed by atoms with Gasteiger partial charge in [0.05, 0.1) is 22.7 Å². The molecule has 0 radical (unpaired) electrons. The summed E-state index contributed by atoms with van der Waals surface area (Å²) in [7, 11) is 0. The molecular formula is C25H28N4O2. The Morgan fingerprint density at radius 1 is 1.16 bits per heavy atom. The molecule has 1 saturated heterocycles. The van der Waals surface area contributed by atoms with Crippen LogP contribution >= 0.6 is 0 Å². The van der Waals surface area contributed by atoms with Gasteiger partial charge in [0.25, 0.3) is 5.91 Å². The van der Waals surface area contributed by atoms with Crippen molar-refractivity contribution in [3.05, 3.63) is 70.9 Å². The number of anilines is 1. The third-order valence-electron chi connectivity index (χ3n) is 5.98. The minimum atomic E-state index is -0.235. The van der Waals surface area contributed by atoms with E-state index in [1.807, 2.05) is 62.4 Å². The zero-order valence-electron chi connectivity index (χ0n) is 18.0. The summed E-state index contributed by atoms with van der Waals surface area (Å²) >= 11 is 0. The Labute approximate surface area is 182 Å². The highest BCUT2D eigenvalue weighted by molar-refractivity contribution is 6.07. The summed E-state index contributed by atoms with van der Waals surface area (Å²) in [6.45, 7) is 6.13. The van der Waals surface area contributed by atoms with E-state index in [0.29, 0.717) is 24.3 Å². The monoisotopic (exact) mass is 416 g/mol. The average molecular weight is 417 g/mol. The number of nitrogens with two attached hydrogens (primary N) is 1. The van der Waals surface area contributed by atoms with Gasteiger partial charge in [-0.15, -0.1) is 0 Å². The van der Waals surface area contributed by atoms with Crippen LogP contribution in [-0.2, 0) is 11.3 Å². The number of pyridine rings is 1. The number of aryl methyl sites for hydroxylation is 2. The molecule has 0 saturated carbocycles. The van der Waals surface area contributed by atoms with Crippen LogP contribution in [0.3, 0.4) is 0 Å². The molecule has 3 aromatic rings. The number of nitrogens with zero attached hydrogens (tertiary/aromatic N) is 2. The van der Waals surface area contributed by atoms with Crippen LogP contribution < -0.4 is 11.1 Å². The van der Waals surface area contributed by atoms with E-state index < -0.39 is 0 Å². The van der Waals surface area contributed by atoms with Gasteiger partial charge in [0.2, 0.25) is 5.91 Å². The third-order valence-corrected chi connectivity index (χ3v) is 5.98. The number of fused-ring (bicyclic) bond motifs is 1. The van der Waals surface area contributed by atoms with Crippen LogP contribution in [0.5, 0.6) is 0 Å². The van der Waals surface area contributed by atoms with Gasteiger partial charge in [0.1, 0.15) is 0 Å². The molecule has 0 bridgehead atoms. The summed E-state index contributed by atoms with van der Waals surface area (Å²) in [4.78, 5) is 31.6. The Hall–Kier alpha value is -3.25. The van der Waals surface area contributed by atoms with Crippen LogP contribution in [0.4, 0.5) is 5.69 Å². The van der Waals surface area contributed by atoms with Crippen LogP contribution in [0.25, 0.3) is 10.9 Å². The number of hydrogen-bond donors (Lipinski definition) is 2. The van der Waals surface area contributed by atoms with E-state index in [-0.39, 0.29) is 17.7 Å². The lowest BCUT2D eigenvalue weighted by Crippen LogP contribution is -2.40. The highest BCUT2D eigenvalue weighted by Gasteiger charge is 2.24. The maximum Gasteiger partial charge on any atom is 0.257 e. The highest BCUT2D eigenvalue weighted by atomic mass is 16.2. The number of primary amides is 1. The Morgan fingerprint density at radius 2 is 1.97 bits per heavy atom. The van der Waals surface area contributed by atoms with Gasteiger partial charge in [-0.05, 0) is 62.6 Å². The Balaban J connectivity index is 1.54. The molecule has 2 heterocycles. The molecule has 2 amide bonds. The van der Waals surface area contributed by atoms with Crippen molar-refractivity contribution in [1.82, 2.24) is 9.88 Å². The molecule has 1 aliphatic rings. The summed E-state index contributed by atoms with van der Waals surface area (Å²) < 4.78 is 0. The smallest absolute Gasteiger partial charge is 0.257 e. The van der Waals surface area contributed by atoms with Gasteiger partial charge in [0, 0.05) is 24.2 Å². The van der Waals surface area contributed by atoms with Crippen LogP contribution in [0, 0.1) is 19.8 Å². The first-order chi connectivity index (χ1) is 14.9. The summed E-state index contributed by atoms with van der Waals surface area (Å²) in [6.07, 6.45) is 1.79. The zero-order valence-corrected chi connectivity index (χ0v) is 18.0. The van der Waals surface area contributed by atoms with E-state index in [2.05, 4.69) is 15.2 Å². The van der Waals surface area contributed by atoms with Gasteiger partial charge in [-0.25, -0.2) is 0 Å². The minimum Gasteiger partial charge on any atom is -0.369 e. The van der Waals surface area contributed by atoms with Crippen molar-refractivity contribution >= 4 is 28.4 Å². The Bertz CT molecular complexity index is 1140. The second kappa shape index (κ2) is 8.86. The van der Waals surface area contributed by atoms with Gasteiger partial charge < -0.3 is 11.1 Å². The van der Waals surface area contributed by atoms with Crippen molar-refractivity contribution in [2.24, 2.45) is 11.7 Å². The number of aromatic nitrogens is 1. The number of para-hydroxylation sites is 1. The summed E-state index contributed by atoms with van der Waals surface area (Å²) in [5, 5.41) is 4.01. The van der Waals surface area contributed by atoms with Crippen molar-refractivity contribution in [1.29, 1.82) is 0 Å². The SMILES string of the molecule is Cc1ccc2cc(C(=O)Nc3ccccc3CN3CCC[C@H](C(N)=O)C3)c(C)nc2c1. The molecule has 1 atom stereocenters. The number of likely N-dealkylation sites (tertiary alicyclic amines) is 1. The number of carbonyl (C=O) groups excluding carboxylic acids is 2. The predicted molar refractivity (Wildman–Crippen MR) is 123 cm³/mol. The molecule has 1 fully saturated rings. The number of carbonyl (C=O) groups is 2. The van der Waals surface area contributed by atoms with Gasteiger partial charge in [-0.1, -0.05) is 30.3 Å². The molecule has 31 heavy (non-hydrogen) atoms. The molecule has 0 spiro atoms. The molecule has 3 N–H and O–H groups in total. The van der Waals surface area contributed by atoms with Crippen molar-refractivity contribution < 1.29 is 9.59 Å². The third kappa shape index (κ3) is 4.75. The number of rotatable bonds is 5. The van der Waals surface area contributed by atoms with Crippen molar-refractivity contribution in [3.63, 3.8) is 0 Å². The van der Waals surface area contributed by atoms with E-state index in [1.165, 1.54) is 0 Å². The molecule has 6 heteroatoms. The molecular weight excluding hydrogens is 388 g/mol. The first kappa shape index (κ1) is 21.0. The Morgan fingerprint density at radius 3 is 2.77 bits per heavy atom. The summed E-state index contributed by atoms with van der Waals surface area (Å²) in [6, 6.07) is 15.7. The molecule has 6 nitrogen and oxygen atoms in total. The van der Waals surface area contributed by atoms with E-state index >= 15 is 0 Å². The van der Waals surface area contributed by atoms with E-state index in [9.17, 15) is 9.59 Å². The highest BCUT2D eigenvalue weighted by Crippen LogP contribution is 2.24. The summed E-state index contributed by atoms with van der Waals surface area (Å²) in [5.41, 5.74) is 10.6. The molecule has 1 aromatic heterocycles. The minimum absolute atomic E-state index is 0.106. The van der Waals surface area contributed by atoms with Crippen molar-refractivity contribution in [2.75, 3.05) is 18.4 Å². The van der Waals surface area contributed by atoms with Crippen LogP contribution in [-0.4, -0.2) is 34.8 Å². The summed E-state index contributed by atoms with van der Waals surface area (Å²) in [5.74, 6) is -0.514. The fourth-order valence-corrected chi connectivity index (χ4v) is 4.25. The van der Waals surface area contributed by atoms with Gasteiger partial charge in [-0.3, -0.25) is 19.5 Å². The molecule has 160 valence electrons. The Kier molecular flexibility index (Phi) is 6.00. The quantitative estimate of drug-likeness (QED) is 0.662. The largest absolute Gasteiger partial charge is 0.369 e. The molecule has 2 aromatic carbocycles. The van der Waals surface area contributed by atoms with Crippen molar-refractivity contribution in [3.8, 4) is 0 Å². The van der Waals surface area contributed by atoms with E-state index in [0.717, 1.165) is 47.1 Å². The van der Waals surface area contributed by atoms with E-state index in [1.54, 1.807) is 0 Å². The fraction of sp³-hybridized carbons (Fsp3) is 0.320. The second-order valence-corrected chi connectivity index (χ2v) is 8.41. The average Bonchev–Trinajstić information content (AvgIpc) is 2.74. The van der Waals surface area contributed by atoms with Crippen molar-refractivity contribution in [2.45, 2.75) is 33.2 Å². The maximum atomic E-state index is 13.1. The number of piperidine rings is 1. The van der Waals surface area contributed by atoms with Gasteiger partial charge in [0.15, 0.2) is 0 Å². The molecule has 0 aliphatic carbocycles. The van der Waals surface area contributed by atoms with Gasteiger partial charge in [-0.2, -0.15) is 0 Å². The number of amides is 2. The first-order valence-electron chi connectivity index (χ1n) is 10.7. The fourth-order valence-electron chi connectivity index (χ4n) is 4.25. The normalized spacial score (nSPS) is 16.9. The zero-order chi connectivity index (χ0) is 22.0. The number of benzene rings is 2. The van der Waals surface area contributed by atoms with Gasteiger partial charge >= 0.3 is 0 Å². The molecule has 1 aliphatic heterocycles. The maximum absolute atomic E-state index is 13.1. The lowest BCUT2D eigenvalue weighted by Gasteiger charge is -2.31. The molecule has 4 rings (SSSR count). The van der Waals surface area contributed by atoms with Crippen LogP contribution in [0.15, 0.2) is 48.5 Å². The number of hydrogen-bond acceptors (Lipinski definition) is 4. The lowest BCUT2D eigenvalue weighted by atomic mass is 9.97. The second-order valence-electron chi connectivity index (χ2n) is 8.41. The van der Waals surface area contributed by atoms with Crippen LogP contribution in [0.2, 0.25) is 0 Å². The van der Waals surface area contributed by atoms with E-state index in [4.69, 9.17) is 5.73 Å². The van der Waals surface area contributed by atoms with Crippen LogP contribution in [0.1, 0.15) is 40.0 Å². The first-order valence-corrected chi connectivity index (χ1v) is 10.7. The number of nitrogens with one attached hydrogen (secondary N) is 1.